The van der Waals surface area contributed by atoms with E-state index in [1.807, 2.05) is 6.92 Å². The fourth-order valence-electron chi connectivity index (χ4n) is 1.59. The van der Waals surface area contributed by atoms with Crippen LogP contribution in [-0.4, -0.2) is 29.0 Å². The summed E-state index contributed by atoms with van der Waals surface area (Å²) in [6.45, 7) is 3.25. The number of nitro groups is 1. The lowest BCUT2D eigenvalue weighted by Gasteiger charge is -2.08. The van der Waals surface area contributed by atoms with Crippen LogP contribution in [-0.2, 0) is 9.53 Å². The molecule has 1 heterocycles. The SMILES string of the molecule is COC(=O)/C(=C/c1cc(C)cnc1Cl)CC(C)[N+](=O)[O-]. The van der Waals surface area contributed by atoms with Crippen LogP contribution in [0.25, 0.3) is 6.08 Å². The third-order valence-corrected chi connectivity index (χ3v) is 2.97. The molecule has 0 saturated heterocycles. The number of carbonyl (C=O) groups excluding carboxylic acids is 1. The minimum Gasteiger partial charge on any atom is -0.466 e. The Bertz CT molecular complexity index is 557. The van der Waals surface area contributed by atoms with Gasteiger partial charge in [0.05, 0.1) is 7.11 Å². The number of hydrogen-bond donors (Lipinski definition) is 0. The van der Waals surface area contributed by atoms with E-state index in [1.165, 1.54) is 20.1 Å². The Morgan fingerprint density at radius 1 is 1.65 bits per heavy atom. The number of hydrogen-bond acceptors (Lipinski definition) is 5. The minimum atomic E-state index is -0.892. The minimum absolute atomic E-state index is 0.0378. The second-order valence-corrected chi connectivity index (χ2v) is 4.75. The first-order chi connectivity index (χ1) is 9.35. The van der Waals surface area contributed by atoms with Gasteiger partial charge in [-0.1, -0.05) is 11.6 Å². The molecule has 1 aromatic rings. The predicted molar refractivity (Wildman–Crippen MR) is 75.1 cm³/mol. The summed E-state index contributed by atoms with van der Waals surface area (Å²) in [5.41, 5.74) is 1.58. The summed E-state index contributed by atoms with van der Waals surface area (Å²) in [6, 6.07) is 0.853. The van der Waals surface area contributed by atoms with Crippen LogP contribution < -0.4 is 0 Å². The largest absolute Gasteiger partial charge is 0.466 e. The Kier molecular flexibility index (Phi) is 5.64. The summed E-state index contributed by atoms with van der Waals surface area (Å²) >= 11 is 5.95. The number of nitrogens with zero attached hydrogens (tertiary/aromatic N) is 2. The highest BCUT2D eigenvalue weighted by Gasteiger charge is 2.21. The van der Waals surface area contributed by atoms with Crippen LogP contribution in [0.2, 0.25) is 5.15 Å². The summed E-state index contributed by atoms with van der Waals surface area (Å²) in [6.07, 6.45) is 3.04. The topological polar surface area (TPSA) is 82.3 Å². The first-order valence-electron chi connectivity index (χ1n) is 5.89. The van der Waals surface area contributed by atoms with Gasteiger partial charge in [0.15, 0.2) is 0 Å². The molecule has 0 bridgehead atoms. The van der Waals surface area contributed by atoms with Crippen LogP contribution in [0.15, 0.2) is 17.8 Å². The molecule has 0 N–H and O–H groups in total. The summed E-state index contributed by atoms with van der Waals surface area (Å²) < 4.78 is 4.64. The van der Waals surface area contributed by atoms with E-state index in [1.54, 1.807) is 12.3 Å². The standard InChI is InChI=1S/C13H15ClN2O4/c1-8-4-10(12(14)15-7-8)6-11(13(17)20-3)5-9(2)16(18)19/h4,6-7,9H,5H2,1-3H3/b11-6+. The number of esters is 1. The summed E-state index contributed by atoms with van der Waals surface area (Å²) in [5, 5.41) is 10.9. The van der Waals surface area contributed by atoms with Gasteiger partial charge in [-0.15, -0.1) is 0 Å². The highest BCUT2D eigenvalue weighted by atomic mass is 35.5. The Balaban J connectivity index is 3.15. The van der Waals surface area contributed by atoms with Gasteiger partial charge in [0.1, 0.15) is 5.15 Å². The van der Waals surface area contributed by atoms with Crippen molar-refractivity contribution < 1.29 is 14.5 Å². The third kappa shape index (κ3) is 4.31. The fraction of sp³-hybridized carbons (Fsp3) is 0.385. The molecule has 7 heteroatoms. The Hall–Kier alpha value is -1.95. The number of carbonyl (C=O) groups is 1. The molecule has 1 rings (SSSR count). The molecular weight excluding hydrogens is 284 g/mol. The number of halogens is 1. The third-order valence-electron chi connectivity index (χ3n) is 2.66. The average molecular weight is 299 g/mol. The summed E-state index contributed by atoms with van der Waals surface area (Å²) in [7, 11) is 1.23. The monoisotopic (exact) mass is 298 g/mol. The molecule has 0 aliphatic heterocycles. The zero-order valence-corrected chi connectivity index (χ0v) is 12.2. The van der Waals surface area contributed by atoms with E-state index in [0.29, 0.717) is 5.56 Å². The van der Waals surface area contributed by atoms with E-state index < -0.39 is 16.9 Å². The normalized spacial score (nSPS) is 12.9. The van der Waals surface area contributed by atoms with E-state index >= 15 is 0 Å². The number of aryl methyl sites for hydroxylation is 1. The van der Waals surface area contributed by atoms with Crippen molar-refractivity contribution in [2.45, 2.75) is 26.3 Å². The van der Waals surface area contributed by atoms with Crippen molar-refractivity contribution in [2.24, 2.45) is 0 Å². The maximum absolute atomic E-state index is 11.7. The first kappa shape index (κ1) is 16.1. The number of aromatic nitrogens is 1. The predicted octanol–water partition coefficient (Wildman–Crippen LogP) is 2.66. The van der Waals surface area contributed by atoms with Gasteiger partial charge in [0, 0.05) is 35.6 Å². The molecule has 0 aromatic carbocycles. The number of ether oxygens (including phenoxy) is 1. The van der Waals surface area contributed by atoms with Gasteiger partial charge in [0.2, 0.25) is 6.04 Å². The van der Waals surface area contributed by atoms with Gasteiger partial charge < -0.3 is 4.74 Å². The van der Waals surface area contributed by atoms with E-state index in [-0.39, 0.29) is 17.1 Å². The molecule has 6 nitrogen and oxygen atoms in total. The fourth-order valence-corrected chi connectivity index (χ4v) is 1.75. The maximum atomic E-state index is 11.7. The molecule has 0 spiro atoms. The van der Waals surface area contributed by atoms with Crippen LogP contribution in [0.5, 0.6) is 0 Å². The Morgan fingerprint density at radius 2 is 2.30 bits per heavy atom. The molecular formula is C13H15ClN2O4. The lowest BCUT2D eigenvalue weighted by atomic mass is 10.0. The van der Waals surface area contributed by atoms with Crippen LogP contribution >= 0.6 is 11.6 Å². The molecule has 108 valence electrons. The van der Waals surface area contributed by atoms with Crippen molar-refractivity contribution in [3.8, 4) is 0 Å². The molecule has 20 heavy (non-hydrogen) atoms. The Labute approximate surface area is 121 Å². The molecule has 0 saturated carbocycles. The van der Waals surface area contributed by atoms with Gasteiger partial charge in [0.25, 0.3) is 0 Å². The zero-order valence-electron chi connectivity index (χ0n) is 11.4. The van der Waals surface area contributed by atoms with E-state index in [2.05, 4.69) is 9.72 Å². The molecule has 1 aromatic heterocycles. The second-order valence-electron chi connectivity index (χ2n) is 4.39. The van der Waals surface area contributed by atoms with Crippen molar-refractivity contribution in [1.82, 2.24) is 4.98 Å². The van der Waals surface area contributed by atoms with Crippen molar-refractivity contribution in [1.29, 1.82) is 0 Å². The van der Waals surface area contributed by atoms with Crippen molar-refractivity contribution in [2.75, 3.05) is 7.11 Å². The van der Waals surface area contributed by atoms with E-state index in [4.69, 9.17) is 11.6 Å². The van der Waals surface area contributed by atoms with Crippen molar-refractivity contribution in [3.05, 3.63) is 44.2 Å². The molecule has 1 unspecified atom stereocenters. The van der Waals surface area contributed by atoms with E-state index in [0.717, 1.165) is 5.56 Å². The van der Waals surface area contributed by atoms with Gasteiger partial charge >= 0.3 is 5.97 Å². The second kappa shape index (κ2) is 7.00. The quantitative estimate of drug-likeness (QED) is 0.274. The maximum Gasteiger partial charge on any atom is 0.334 e. The van der Waals surface area contributed by atoms with Crippen LogP contribution in [0, 0.1) is 17.0 Å². The lowest BCUT2D eigenvalue weighted by molar-refractivity contribution is -0.517. The molecule has 0 fully saturated rings. The molecule has 0 radical (unpaired) electrons. The summed E-state index contributed by atoms with van der Waals surface area (Å²) in [4.78, 5) is 25.9. The zero-order chi connectivity index (χ0) is 15.3. The van der Waals surface area contributed by atoms with Crippen LogP contribution in [0.4, 0.5) is 0 Å². The van der Waals surface area contributed by atoms with Gasteiger partial charge in [-0.3, -0.25) is 10.1 Å². The highest BCUT2D eigenvalue weighted by molar-refractivity contribution is 6.31. The number of rotatable bonds is 5. The molecule has 1 atom stereocenters. The van der Waals surface area contributed by atoms with Gasteiger partial charge in [-0.25, -0.2) is 9.78 Å². The molecule has 0 aliphatic carbocycles. The number of methoxy groups -OCH3 is 1. The number of pyridine rings is 1. The molecule has 0 amide bonds. The van der Waals surface area contributed by atoms with E-state index in [9.17, 15) is 14.9 Å². The van der Waals surface area contributed by atoms with Crippen molar-refractivity contribution in [3.63, 3.8) is 0 Å². The lowest BCUT2D eigenvalue weighted by Crippen LogP contribution is -2.19. The van der Waals surface area contributed by atoms with Crippen molar-refractivity contribution >= 4 is 23.6 Å². The van der Waals surface area contributed by atoms with Gasteiger partial charge in [-0.05, 0) is 24.6 Å². The molecule has 0 aliphatic rings. The van der Waals surface area contributed by atoms with Gasteiger partial charge in [-0.2, -0.15) is 0 Å². The summed E-state index contributed by atoms with van der Waals surface area (Å²) in [5.74, 6) is -0.615. The average Bonchev–Trinajstić information content (AvgIpc) is 2.40. The van der Waals surface area contributed by atoms with Crippen LogP contribution in [0.3, 0.4) is 0 Å². The smallest absolute Gasteiger partial charge is 0.334 e. The van der Waals surface area contributed by atoms with Crippen LogP contribution in [0.1, 0.15) is 24.5 Å². The highest BCUT2D eigenvalue weighted by Crippen LogP contribution is 2.20. The Morgan fingerprint density at radius 3 is 2.85 bits per heavy atom. The first-order valence-corrected chi connectivity index (χ1v) is 6.27.